The highest BCUT2D eigenvalue weighted by molar-refractivity contribution is 6.05. The van der Waals surface area contributed by atoms with Crippen molar-refractivity contribution in [3.63, 3.8) is 0 Å². The minimum atomic E-state index is -2.13. The number of ether oxygens (including phenoxy) is 2. The largest absolute Gasteiger partial charge is 0.489 e. The van der Waals surface area contributed by atoms with E-state index in [-0.39, 0.29) is 37.0 Å². The molecule has 8 nitrogen and oxygen atoms in total. The number of morpholine rings is 1. The maximum Gasteiger partial charge on any atom is 0.255 e. The van der Waals surface area contributed by atoms with Gasteiger partial charge in [0.05, 0.1) is 22.5 Å². The fourth-order valence-electron chi connectivity index (χ4n) is 4.46. The van der Waals surface area contributed by atoms with Crippen LogP contribution in [0.1, 0.15) is 42.6 Å². The van der Waals surface area contributed by atoms with E-state index >= 15 is 0 Å². The molecule has 3 aliphatic heterocycles. The Kier molecular flexibility index (Phi) is 5.44. The van der Waals surface area contributed by atoms with E-state index in [1.54, 1.807) is 30.3 Å². The lowest BCUT2D eigenvalue weighted by Crippen LogP contribution is -2.52. The van der Waals surface area contributed by atoms with Crippen LogP contribution < -0.4 is 10.1 Å². The van der Waals surface area contributed by atoms with Gasteiger partial charge < -0.3 is 14.4 Å². The Labute approximate surface area is 195 Å². The molecule has 0 aromatic heterocycles. The Bertz CT molecular complexity index is 1150. The molecule has 3 aliphatic rings. The SMILES string of the molecule is [2H]C([2H])(Oc1cccc2c1CN(C1CCC(=O)NC1=O)C2=O)c1ccc(CN2CCOCC2)cc1. The normalized spacial score (nSPS) is 22.5. The summed E-state index contributed by atoms with van der Waals surface area (Å²) in [7, 11) is 0. The van der Waals surface area contributed by atoms with Crippen molar-refractivity contribution in [3.05, 3.63) is 64.7 Å². The third-order valence-corrected chi connectivity index (χ3v) is 6.28. The summed E-state index contributed by atoms with van der Waals surface area (Å²) in [6.07, 6.45) is 0.433. The minimum absolute atomic E-state index is 0.116. The lowest BCUT2D eigenvalue weighted by molar-refractivity contribution is -0.136. The highest BCUT2D eigenvalue weighted by Crippen LogP contribution is 2.34. The van der Waals surface area contributed by atoms with E-state index in [0.29, 0.717) is 16.7 Å². The Hall–Kier alpha value is -3.23. The zero-order chi connectivity index (χ0) is 24.6. The van der Waals surface area contributed by atoms with Gasteiger partial charge in [-0.2, -0.15) is 0 Å². The second-order valence-electron chi connectivity index (χ2n) is 8.47. The fourth-order valence-corrected chi connectivity index (χ4v) is 4.46. The van der Waals surface area contributed by atoms with Gasteiger partial charge in [0, 0.05) is 37.2 Å². The summed E-state index contributed by atoms with van der Waals surface area (Å²) in [6, 6.07) is 11.4. The maximum atomic E-state index is 13.0. The smallest absolute Gasteiger partial charge is 0.255 e. The molecule has 2 saturated heterocycles. The van der Waals surface area contributed by atoms with Crippen molar-refractivity contribution in [2.24, 2.45) is 0 Å². The number of piperidine rings is 1. The molecule has 1 atom stereocenters. The molecule has 0 spiro atoms. The molecule has 0 radical (unpaired) electrons. The first kappa shape index (κ1) is 19.3. The summed E-state index contributed by atoms with van der Waals surface area (Å²) >= 11 is 0. The second kappa shape index (κ2) is 9.33. The van der Waals surface area contributed by atoms with E-state index in [4.69, 9.17) is 12.2 Å². The summed E-state index contributed by atoms with van der Waals surface area (Å²) in [4.78, 5) is 40.5. The summed E-state index contributed by atoms with van der Waals surface area (Å²) in [5, 5.41) is 2.29. The molecule has 2 aromatic rings. The van der Waals surface area contributed by atoms with Crippen molar-refractivity contribution < 1.29 is 26.6 Å². The number of hydrogen-bond acceptors (Lipinski definition) is 6. The highest BCUT2D eigenvalue weighted by atomic mass is 16.5. The van der Waals surface area contributed by atoms with Gasteiger partial charge in [-0.3, -0.25) is 24.6 Å². The molecule has 172 valence electrons. The molecular formula is C25H27N3O5. The van der Waals surface area contributed by atoms with Crippen LogP contribution in [0.5, 0.6) is 5.75 Å². The molecule has 1 unspecified atom stereocenters. The van der Waals surface area contributed by atoms with Crippen molar-refractivity contribution >= 4 is 17.7 Å². The zero-order valence-electron chi connectivity index (χ0n) is 20.2. The molecule has 2 fully saturated rings. The highest BCUT2D eigenvalue weighted by Gasteiger charge is 2.40. The quantitative estimate of drug-likeness (QED) is 0.675. The van der Waals surface area contributed by atoms with Crippen LogP contribution in [-0.4, -0.2) is 59.9 Å². The van der Waals surface area contributed by atoms with Gasteiger partial charge in [0.1, 0.15) is 18.4 Å². The summed E-state index contributed by atoms with van der Waals surface area (Å²) in [5.74, 6) is -0.901. The number of carbonyl (C=O) groups excluding carboxylic acids is 3. The molecule has 0 bridgehead atoms. The van der Waals surface area contributed by atoms with E-state index in [2.05, 4.69) is 10.2 Å². The summed E-state index contributed by atoms with van der Waals surface area (Å²) in [5.41, 5.74) is 2.36. The molecule has 33 heavy (non-hydrogen) atoms. The predicted molar refractivity (Wildman–Crippen MR) is 119 cm³/mol. The fraction of sp³-hybridized carbons (Fsp3) is 0.400. The standard InChI is InChI=1S/C25H27N3O5/c29-23-9-8-21(24(30)26-23)28-15-20-19(25(28)31)2-1-3-22(20)33-16-18-6-4-17(5-7-18)14-27-10-12-32-13-11-27/h1-7,21H,8-16H2,(H,26,29,30)/i16D2. The average Bonchev–Trinajstić information content (AvgIpc) is 3.17. The molecule has 0 saturated carbocycles. The van der Waals surface area contributed by atoms with Crippen LogP contribution in [0.25, 0.3) is 0 Å². The molecule has 8 heteroatoms. The molecule has 5 rings (SSSR count). The minimum Gasteiger partial charge on any atom is -0.489 e. The predicted octanol–water partition coefficient (Wildman–Crippen LogP) is 1.86. The van der Waals surface area contributed by atoms with Crippen molar-refractivity contribution in [1.82, 2.24) is 15.1 Å². The molecule has 3 amide bonds. The van der Waals surface area contributed by atoms with Crippen LogP contribution >= 0.6 is 0 Å². The number of benzene rings is 2. The summed E-state index contributed by atoms with van der Waals surface area (Å²) in [6.45, 7) is 1.96. The number of nitrogens with zero attached hydrogens (tertiary/aromatic N) is 2. The molecular weight excluding hydrogens is 422 g/mol. The van der Waals surface area contributed by atoms with Gasteiger partial charge in [-0.15, -0.1) is 0 Å². The third-order valence-electron chi connectivity index (χ3n) is 6.28. The number of amides is 3. The van der Waals surface area contributed by atoms with Crippen LogP contribution in [0.15, 0.2) is 42.5 Å². The van der Waals surface area contributed by atoms with E-state index in [1.165, 1.54) is 4.90 Å². The zero-order valence-corrected chi connectivity index (χ0v) is 18.2. The van der Waals surface area contributed by atoms with Gasteiger partial charge >= 0.3 is 0 Å². The van der Waals surface area contributed by atoms with E-state index in [1.807, 2.05) is 12.1 Å². The van der Waals surface area contributed by atoms with Crippen molar-refractivity contribution in [3.8, 4) is 5.75 Å². The first-order chi connectivity index (χ1) is 16.8. The van der Waals surface area contributed by atoms with Gasteiger partial charge in [0.15, 0.2) is 0 Å². The lowest BCUT2D eigenvalue weighted by Gasteiger charge is -2.29. The van der Waals surface area contributed by atoms with Gasteiger partial charge in [-0.05, 0) is 29.7 Å². The van der Waals surface area contributed by atoms with Crippen molar-refractivity contribution in [2.45, 2.75) is 38.5 Å². The Balaban J connectivity index is 1.31. The first-order valence-electron chi connectivity index (χ1n) is 12.2. The van der Waals surface area contributed by atoms with E-state index < -0.39 is 18.5 Å². The number of fused-ring (bicyclic) bond motifs is 1. The number of rotatable bonds is 6. The van der Waals surface area contributed by atoms with Crippen molar-refractivity contribution in [2.75, 3.05) is 26.3 Å². The number of hydrogen-bond donors (Lipinski definition) is 1. The van der Waals surface area contributed by atoms with Gasteiger partial charge in [0.2, 0.25) is 11.8 Å². The Morgan fingerprint density at radius 3 is 2.58 bits per heavy atom. The van der Waals surface area contributed by atoms with Crippen LogP contribution in [0.3, 0.4) is 0 Å². The first-order valence-corrected chi connectivity index (χ1v) is 11.2. The van der Waals surface area contributed by atoms with Crippen LogP contribution in [-0.2, 0) is 34.0 Å². The van der Waals surface area contributed by atoms with Gasteiger partial charge in [-0.1, -0.05) is 30.3 Å². The molecule has 3 heterocycles. The maximum absolute atomic E-state index is 13.0. The van der Waals surface area contributed by atoms with Crippen LogP contribution in [0, 0.1) is 0 Å². The average molecular weight is 452 g/mol. The third kappa shape index (κ3) is 4.62. The second-order valence-corrected chi connectivity index (χ2v) is 8.47. The van der Waals surface area contributed by atoms with Crippen molar-refractivity contribution in [1.29, 1.82) is 0 Å². The van der Waals surface area contributed by atoms with Gasteiger partial charge in [0.25, 0.3) is 5.91 Å². The van der Waals surface area contributed by atoms with E-state index in [0.717, 1.165) is 38.4 Å². The van der Waals surface area contributed by atoms with E-state index in [9.17, 15) is 14.4 Å². The number of carbonyl (C=O) groups is 3. The molecule has 2 aromatic carbocycles. The monoisotopic (exact) mass is 451 g/mol. The molecule has 1 N–H and O–H groups in total. The summed E-state index contributed by atoms with van der Waals surface area (Å²) < 4.78 is 28.3. The molecule has 0 aliphatic carbocycles. The Morgan fingerprint density at radius 1 is 1.06 bits per heavy atom. The van der Waals surface area contributed by atoms with Crippen LogP contribution in [0.2, 0.25) is 0 Å². The Morgan fingerprint density at radius 2 is 1.82 bits per heavy atom. The topological polar surface area (TPSA) is 88.2 Å². The lowest BCUT2D eigenvalue weighted by atomic mass is 10.0. The van der Waals surface area contributed by atoms with Crippen LogP contribution in [0.4, 0.5) is 0 Å². The number of imide groups is 1. The van der Waals surface area contributed by atoms with Gasteiger partial charge in [-0.25, -0.2) is 0 Å². The number of nitrogens with one attached hydrogen (secondary N) is 1.